The van der Waals surface area contributed by atoms with E-state index in [0.29, 0.717) is 12.0 Å². The van der Waals surface area contributed by atoms with Crippen molar-refractivity contribution >= 4 is 16.9 Å². The van der Waals surface area contributed by atoms with Gasteiger partial charge >= 0.3 is 0 Å². The molecule has 25 heavy (non-hydrogen) atoms. The number of hydrogen-bond donors (Lipinski definition) is 0. The molecule has 6 heteroatoms. The Bertz CT molecular complexity index is 887. The second-order valence-electron chi connectivity index (χ2n) is 5.95. The summed E-state index contributed by atoms with van der Waals surface area (Å²) in [5.74, 6) is -0.552. The largest absolute Gasteiger partial charge is 0.265 e. The summed E-state index contributed by atoms with van der Waals surface area (Å²) in [7, 11) is 0. The molecule has 2 atom stereocenters. The van der Waals surface area contributed by atoms with Gasteiger partial charge in [0.2, 0.25) is 6.54 Å². The van der Waals surface area contributed by atoms with Crippen LogP contribution in [0, 0.1) is 38.7 Å². The summed E-state index contributed by atoms with van der Waals surface area (Å²) in [6, 6.07) is 15.5. The number of nitrogens with zero attached hydrogens (tertiary/aromatic N) is 3. The number of allylic oxidation sites excluding steroid dienone is 2. The van der Waals surface area contributed by atoms with E-state index in [9.17, 15) is 20.6 Å². The molecule has 0 unspecified atom stereocenters. The van der Waals surface area contributed by atoms with Gasteiger partial charge in [0.15, 0.2) is 0 Å². The minimum Gasteiger partial charge on any atom is -0.265 e. The molecule has 0 saturated carbocycles. The summed E-state index contributed by atoms with van der Waals surface area (Å²) in [6.45, 7) is -0.207. The lowest BCUT2D eigenvalue weighted by atomic mass is 9.71. The van der Waals surface area contributed by atoms with Gasteiger partial charge in [0, 0.05) is 15.7 Å². The van der Waals surface area contributed by atoms with Gasteiger partial charge in [-0.1, -0.05) is 30.3 Å². The van der Waals surface area contributed by atoms with Crippen LogP contribution in [-0.4, -0.2) is 11.5 Å². The topological polar surface area (TPSA) is 90.7 Å². The van der Waals surface area contributed by atoms with Crippen LogP contribution in [0.15, 0.2) is 47.4 Å². The number of rotatable bonds is 4. The summed E-state index contributed by atoms with van der Waals surface area (Å²) in [5.41, 5.74) is 2.68. The van der Waals surface area contributed by atoms with E-state index in [0.717, 1.165) is 22.4 Å². The molecule has 0 spiro atoms. The average molecular weight is 349 g/mol. The lowest BCUT2D eigenvalue weighted by Crippen LogP contribution is -2.26. The maximum atomic E-state index is 11.3. The fraction of sp³-hybridized carbons (Fsp3) is 0.263. The molecule has 0 fully saturated rings. The van der Waals surface area contributed by atoms with Crippen LogP contribution < -0.4 is 0 Å². The fourth-order valence-corrected chi connectivity index (χ4v) is 4.49. The number of fused-ring (bicyclic) bond motifs is 1. The van der Waals surface area contributed by atoms with Crippen molar-refractivity contribution in [1.29, 1.82) is 10.5 Å². The Morgan fingerprint density at radius 3 is 2.68 bits per heavy atom. The number of nitro groups is 1. The third kappa shape index (κ3) is 3.31. The van der Waals surface area contributed by atoms with Gasteiger partial charge in [0.1, 0.15) is 17.7 Å². The molecule has 0 N–H and O–H groups in total. The highest BCUT2D eigenvalue weighted by Gasteiger charge is 2.36. The molecule has 2 aromatic rings. The molecule has 1 aromatic heterocycles. The first kappa shape index (κ1) is 16.9. The van der Waals surface area contributed by atoms with Gasteiger partial charge < -0.3 is 0 Å². The molecule has 3 rings (SSSR count). The van der Waals surface area contributed by atoms with Crippen LogP contribution in [0.5, 0.6) is 0 Å². The van der Waals surface area contributed by atoms with Crippen molar-refractivity contribution in [1.82, 2.24) is 0 Å². The molecule has 1 heterocycles. The Labute approximate surface area is 149 Å². The molecule has 124 valence electrons. The third-order valence-electron chi connectivity index (χ3n) is 4.64. The summed E-state index contributed by atoms with van der Waals surface area (Å²) < 4.78 is 0. The minimum absolute atomic E-state index is 0.0575. The van der Waals surface area contributed by atoms with E-state index < -0.39 is 0 Å². The van der Waals surface area contributed by atoms with Gasteiger partial charge in [-0.25, -0.2) is 0 Å². The minimum atomic E-state index is -0.338. The van der Waals surface area contributed by atoms with Crippen LogP contribution in [0.4, 0.5) is 0 Å². The van der Waals surface area contributed by atoms with Crippen molar-refractivity contribution in [2.75, 3.05) is 6.54 Å². The Morgan fingerprint density at radius 2 is 2.04 bits per heavy atom. The number of benzene rings is 1. The summed E-state index contributed by atoms with van der Waals surface area (Å²) in [4.78, 5) is 11.9. The van der Waals surface area contributed by atoms with Crippen molar-refractivity contribution in [3.8, 4) is 12.1 Å². The monoisotopic (exact) mass is 349 g/mol. The van der Waals surface area contributed by atoms with E-state index in [1.54, 1.807) is 0 Å². The number of nitriles is 2. The molecule has 0 bridgehead atoms. The Balaban J connectivity index is 2.17. The summed E-state index contributed by atoms with van der Waals surface area (Å²) in [5, 5.41) is 32.1. The Kier molecular flexibility index (Phi) is 4.92. The third-order valence-corrected chi connectivity index (χ3v) is 5.64. The van der Waals surface area contributed by atoms with Crippen molar-refractivity contribution in [3.05, 3.63) is 73.5 Å². The Morgan fingerprint density at radius 1 is 1.28 bits per heavy atom. The van der Waals surface area contributed by atoms with Crippen LogP contribution in [-0.2, 0) is 6.42 Å². The molecule has 0 saturated heterocycles. The molecular formula is C19H15N3O2S. The first-order valence-corrected chi connectivity index (χ1v) is 8.81. The van der Waals surface area contributed by atoms with Crippen LogP contribution in [0.25, 0.3) is 5.57 Å². The average Bonchev–Trinajstić information content (AvgIpc) is 3.15. The number of aryl methyl sites for hydroxylation is 1. The van der Waals surface area contributed by atoms with E-state index in [2.05, 4.69) is 0 Å². The van der Waals surface area contributed by atoms with Gasteiger partial charge in [0.25, 0.3) is 0 Å². The van der Waals surface area contributed by atoms with Crippen LogP contribution in [0.3, 0.4) is 0 Å². The lowest BCUT2D eigenvalue weighted by molar-refractivity contribution is -0.484. The van der Waals surface area contributed by atoms with Gasteiger partial charge in [-0.3, -0.25) is 10.1 Å². The standard InChI is InChI=1S/C19H15N3O2S/c20-10-14(11-21)19-15-5-2-1-4-13(15)7-8-16(19)17(12-22(23)24)18-6-3-9-25-18/h1-6,9,16-17H,7-8,12H2/t16-,17+/m0/s1. The molecular weight excluding hydrogens is 334 g/mol. The summed E-state index contributed by atoms with van der Waals surface area (Å²) >= 11 is 1.48. The molecule has 0 aliphatic heterocycles. The van der Waals surface area contributed by atoms with Crippen LogP contribution >= 0.6 is 11.3 Å². The smallest absolute Gasteiger partial charge is 0.212 e. The molecule has 1 aliphatic carbocycles. The van der Waals surface area contributed by atoms with E-state index in [-0.39, 0.29) is 28.9 Å². The fourth-order valence-electron chi connectivity index (χ4n) is 3.60. The van der Waals surface area contributed by atoms with E-state index in [1.807, 2.05) is 53.9 Å². The highest BCUT2D eigenvalue weighted by atomic mass is 32.1. The zero-order chi connectivity index (χ0) is 17.8. The van der Waals surface area contributed by atoms with E-state index in [4.69, 9.17) is 0 Å². The molecule has 0 radical (unpaired) electrons. The van der Waals surface area contributed by atoms with Crippen molar-refractivity contribution < 1.29 is 4.92 Å². The first-order valence-electron chi connectivity index (χ1n) is 7.93. The SMILES string of the molecule is N#CC(C#N)=C1c2ccccc2CC[C@H]1[C@@H](C[N+](=O)[O-])c1cccs1. The quantitative estimate of drug-likeness (QED) is 0.470. The van der Waals surface area contributed by atoms with Gasteiger partial charge in [-0.15, -0.1) is 11.3 Å². The highest BCUT2D eigenvalue weighted by Crippen LogP contribution is 2.45. The molecule has 1 aromatic carbocycles. The Hall–Kier alpha value is -2.96. The predicted octanol–water partition coefficient (Wildman–Crippen LogP) is 4.17. The summed E-state index contributed by atoms with van der Waals surface area (Å²) in [6.07, 6.45) is 1.48. The van der Waals surface area contributed by atoms with Crippen LogP contribution in [0.1, 0.15) is 28.3 Å². The van der Waals surface area contributed by atoms with Gasteiger partial charge in [-0.2, -0.15) is 10.5 Å². The predicted molar refractivity (Wildman–Crippen MR) is 95.3 cm³/mol. The molecule has 5 nitrogen and oxygen atoms in total. The zero-order valence-corrected chi connectivity index (χ0v) is 14.2. The molecule has 0 amide bonds. The second kappa shape index (κ2) is 7.29. The second-order valence-corrected chi connectivity index (χ2v) is 6.93. The normalized spacial score (nSPS) is 17.0. The first-order chi connectivity index (χ1) is 12.2. The van der Waals surface area contributed by atoms with E-state index >= 15 is 0 Å². The maximum Gasteiger partial charge on any atom is 0.212 e. The van der Waals surface area contributed by atoms with Crippen molar-refractivity contribution in [2.45, 2.75) is 18.8 Å². The lowest BCUT2D eigenvalue weighted by Gasteiger charge is -2.32. The van der Waals surface area contributed by atoms with Gasteiger partial charge in [0.05, 0.1) is 5.92 Å². The van der Waals surface area contributed by atoms with Crippen LogP contribution in [0.2, 0.25) is 0 Å². The number of hydrogen-bond acceptors (Lipinski definition) is 5. The van der Waals surface area contributed by atoms with Crippen molar-refractivity contribution in [3.63, 3.8) is 0 Å². The molecule has 1 aliphatic rings. The van der Waals surface area contributed by atoms with E-state index in [1.165, 1.54) is 11.3 Å². The number of thiophene rings is 1. The highest BCUT2D eigenvalue weighted by molar-refractivity contribution is 7.10. The van der Waals surface area contributed by atoms with Crippen molar-refractivity contribution in [2.24, 2.45) is 5.92 Å². The van der Waals surface area contributed by atoms with Gasteiger partial charge in [-0.05, 0) is 41.0 Å². The maximum absolute atomic E-state index is 11.3. The zero-order valence-electron chi connectivity index (χ0n) is 13.4.